The second-order valence-electron chi connectivity index (χ2n) is 35.8. The molecule has 0 saturated carbocycles. The van der Waals surface area contributed by atoms with Crippen LogP contribution in [0.15, 0.2) is 382 Å². The maximum absolute atomic E-state index is 5.10. The third-order valence-corrected chi connectivity index (χ3v) is 23.2. The van der Waals surface area contributed by atoms with Crippen molar-refractivity contribution in [3.05, 3.63) is 417 Å². The quantitative estimate of drug-likeness (QED) is 0.0851. The van der Waals surface area contributed by atoms with E-state index >= 15 is 0 Å². The largest absolute Gasteiger partial charge is 2.00 e. The van der Waals surface area contributed by atoms with Gasteiger partial charge in [0.05, 0.1) is 0 Å². The van der Waals surface area contributed by atoms with Gasteiger partial charge in [-0.3, -0.25) is 0 Å². The van der Waals surface area contributed by atoms with Gasteiger partial charge in [0.1, 0.15) is 0 Å². The number of anilines is 3. The normalized spacial score (nSPS) is 11.8. The van der Waals surface area contributed by atoms with Crippen molar-refractivity contribution >= 4 is 17.1 Å². The van der Waals surface area contributed by atoms with E-state index in [1.807, 2.05) is 12.4 Å². The maximum atomic E-state index is 5.10. The van der Waals surface area contributed by atoms with Crippen molar-refractivity contribution in [2.75, 3.05) is 4.90 Å². The summed E-state index contributed by atoms with van der Waals surface area (Å²) in [7, 11) is 0. The van der Waals surface area contributed by atoms with E-state index in [4.69, 9.17) is 9.97 Å². The van der Waals surface area contributed by atoms with E-state index in [2.05, 4.69) is 470 Å². The van der Waals surface area contributed by atoms with Gasteiger partial charge in [-0.15, -0.1) is 59.7 Å². The van der Waals surface area contributed by atoms with Crippen LogP contribution in [0.25, 0.3) is 156 Å². The summed E-state index contributed by atoms with van der Waals surface area (Å²) in [6.07, 6.45) is 3.85. The molecule has 0 saturated heterocycles. The third-order valence-electron chi connectivity index (χ3n) is 23.2. The maximum Gasteiger partial charge on any atom is 2.00 e. The molecule has 0 aliphatic heterocycles. The molecule has 588 valence electrons. The Kier molecular flexibility index (Phi) is 22.8. The standard InChI is InChI=1S/C116H99N3.Pt/c1-113(2,3)104-48-38-81(39-49-104)97-66-98(82-40-50-105(51-41-82)114(4,5)6)71-102(70-97)89-32-20-29-86(63-89)91-58-60-117-111(76-91)93-34-22-36-109(74-93)119(108-56-46-80(47-57-108)85-28-19-31-88(62-85)101-68-95(78-24-15-13-16-25-78)65-96(69-101)79-26-17-14-18-27-79)110-37-23-35-94(75-110)112-77-92(59-61-118-112)87-30-21-33-90(64-87)103-72-99(83-42-52-106(53-43-83)115(7,8)9)67-100(73-103)84-44-54-107(55-45-84)116(10,11)12;/h13-73,76-77H,1-12H3;/q-2;+2. The number of benzene rings is 15. The van der Waals surface area contributed by atoms with Crippen molar-refractivity contribution in [3.63, 3.8) is 0 Å². The molecule has 0 unspecified atom stereocenters. The van der Waals surface area contributed by atoms with Crippen LogP contribution in [0.1, 0.15) is 105 Å². The van der Waals surface area contributed by atoms with Gasteiger partial charge in [0, 0.05) is 18.1 Å². The van der Waals surface area contributed by atoms with E-state index in [0.717, 1.165) is 106 Å². The number of hydrogen-bond acceptors (Lipinski definition) is 3. The van der Waals surface area contributed by atoms with Crippen molar-refractivity contribution in [2.24, 2.45) is 0 Å². The molecule has 120 heavy (non-hydrogen) atoms. The van der Waals surface area contributed by atoms with Gasteiger partial charge in [0.25, 0.3) is 0 Å². The Balaban J connectivity index is 0.0000107. The molecule has 15 aromatic carbocycles. The van der Waals surface area contributed by atoms with Crippen LogP contribution in [0, 0.1) is 12.1 Å². The van der Waals surface area contributed by atoms with Crippen molar-refractivity contribution in [1.82, 2.24) is 9.97 Å². The molecule has 0 N–H and O–H groups in total. The minimum Gasteiger partial charge on any atom is -0.346 e. The zero-order valence-electron chi connectivity index (χ0n) is 70.5. The summed E-state index contributed by atoms with van der Waals surface area (Å²) >= 11 is 0. The van der Waals surface area contributed by atoms with E-state index in [0.29, 0.717) is 0 Å². The average Bonchev–Trinajstić information content (AvgIpc) is 0.560. The Bertz CT molecular complexity index is 6010. The Morgan fingerprint density at radius 1 is 0.192 bits per heavy atom. The van der Waals surface area contributed by atoms with E-state index in [1.165, 1.54) is 89.0 Å². The fourth-order valence-electron chi connectivity index (χ4n) is 16.1. The Labute approximate surface area is 725 Å². The Morgan fingerprint density at radius 3 is 0.683 bits per heavy atom. The molecular formula is C116H99N3Pt. The second kappa shape index (κ2) is 33.8. The fraction of sp³-hybridized carbons (Fsp3) is 0.138. The van der Waals surface area contributed by atoms with Gasteiger partial charge in [-0.25, -0.2) is 0 Å². The number of hydrogen-bond donors (Lipinski definition) is 0. The number of rotatable bonds is 17. The topological polar surface area (TPSA) is 29.0 Å². The van der Waals surface area contributed by atoms with E-state index in [1.54, 1.807) is 0 Å². The van der Waals surface area contributed by atoms with Crippen molar-refractivity contribution in [1.29, 1.82) is 0 Å². The summed E-state index contributed by atoms with van der Waals surface area (Å²) in [5.74, 6) is 0. The first kappa shape index (κ1) is 80.9. The molecule has 0 amide bonds. The Morgan fingerprint density at radius 2 is 0.400 bits per heavy atom. The molecule has 0 atom stereocenters. The van der Waals surface area contributed by atoms with Crippen LogP contribution in [0.5, 0.6) is 0 Å². The average molecular weight is 1730 g/mol. The predicted molar refractivity (Wildman–Crippen MR) is 505 cm³/mol. The van der Waals surface area contributed by atoms with Gasteiger partial charge in [-0.05, 0) is 297 Å². The fourth-order valence-corrected chi connectivity index (χ4v) is 16.1. The van der Waals surface area contributed by atoms with Crippen LogP contribution >= 0.6 is 0 Å². The molecule has 0 aliphatic carbocycles. The van der Waals surface area contributed by atoms with Crippen molar-refractivity contribution in [2.45, 2.75) is 105 Å². The van der Waals surface area contributed by atoms with Crippen LogP contribution < -0.4 is 4.90 Å². The molecule has 2 aromatic heterocycles. The molecule has 0 spiro atoms. The molecule has 0 bridgehead atoms. The first-order valence-electron chi connectivity index (χ1n) is 41.6. The smallest absolute Gasteiger partial charge is 0.346 e. The summed E-state index contributed by atoms with van der Waals surface area (Å²) in [4.78, 5) is 12.5. The van der Waals surface area contributed by atoms with E-state index in [9.17, 15) is 0 Å². The first-order chi connectivity index (χ1) is 57.4. The SMILES string of the molecule is CC(C)(C)c1ccc(-c2cc(-c3ccc(C(C)(C)C)cc3)cc(-c3cccc(-c4ccnc(-c5[c-]c(N(c6[c-]c(-c7cc(-c8cccc(-c9cc(-c%10ccc(C(C)(C)C)cc%10)cc(-c%10ccc(C(C)(C)C)cc%10)c9)c8)ccn7)ccc6)c6ccc(-c7cccc(-c8cc(-c9ccccc9)cc(-c9ccccc9)c8)c7)cc6)ccc5)c4)c3)c2)cc1.[Pt+2]. The van der Waals surface area contributed by atoms with Gasteiger partial charge in [-0.2, -0.15) is 0 Å². The Hall–Kier alpha value is -12.9. The van der Waals surface area contributed by atoms with Crippen LogP contribution in [-0.2, 0) is 42.7 Å². The third kappa shape index (κ3) is 18.1. The number of pyridine rings is 2. The van der Waals surface area contributed by atoms with Gasteiger partial charge in [-0.1, -0.05) is 320 Å². The van der Waals surface area contributed by atoms with Gasteiger partial charge >= 0.3 is 21.1 Å². The molecule has 4 heteroatoms. The number of nitrogens with zero attached hydrogens (tertiary/aromatic N) is 3. The van der Waals surface area contributed by atoms with E-state index < -0.39 is 0 Å². The summed E-state index contributed by atoms with van der Waals surface area (Å²) in [5, 5.41) is 0. The molecule has 17 aromatic rings. The zero-order chi connectivity index (χ0) is 82.2. The molecule has 17 rings (SSSR count). The van der Waals surface area contributed by atoms with Crippen LogP contribution in [0.4, 0.5) is 17.1 Å². The summed E-state index contributed by atoms with van der Waals surface area (Å²) < 4.78 is 0. The van der Waals surface area contributed by atoms with Gasteiger partial charge < -0.3 is 14.9 Å². The molecule has 0 fully saturated rings. The summed E-state index contributed by atoms with van der Waals surface area (Å²) in [6, 6.07) is 144. The molecule has 2 heterocycles. The molecule has 3 nitrogen and oxygen atoms in total. The number of aromatic nitrogens is 2. The van der Waals surface area contributed by atoms with Gasteiger partial charge in [0.2, 0.25) is 0 Å². The first-order valence-corrected chi connectivity index (χ1v) is 41.6. The van der Waals surface area contributed by atoms with Crippen molar-refractivity contribution < 1.29 is 21.1 Å². The second-order valence-corrected chi connectivity index (χ2v) is 35.8. The molecule has 0 radical (unpaired) electrons. The minimum absolute atomic E-state index is 0. The summed E-state index contributed by atoms with van der Waals surface area (Å²) in [5.41, 5.74) is 38.9. The van der Waals surface area contributed by atoms with Crippen LogP contribution in [0.2, 0.25) is 0 Å². The van der Waals surface area contributed by atoms with Crippen molar-refractivity contribution in [3.8, 4) is 156 Å². The molecular weight excluding hydrogens is 1630 g/mol. The predicted octanol–water partition coefficient (Wildman–Crippen LogP) is 32.1. The molecule has 0 aliphatic rings. The van der Waals surface area contributed by atoms with Gasteiger partial charge in [0.15, 0.2) is 0 Å². The van der Waals surface area contributed by atoms with Crippen LogP contribution in [-0.4, -0.2) is 9.97 Å². The zero-order valence-corrected chi connectivity index (χ0v) is 72.8. The van der Waals surface area contributed by atoms with Crippen LogP contribution in [0.3, 0.4) is 0 Å². The minimum atomic E-state index is 0. The summed E-state index contributed by atoms with van der Waals surface area (Å²) in [6.45, 7) is 27.3. The van der Waals surface area contributed by atoms with E-state index in [-0.39, 0.29) is 42.7 Å². The monoisotopic (exact) mass is 1730 g/mol.